The van der Waals surface area contributed by atoms with Gasteiger partial charge in [-0.1, -0.05) is 24.3 Å². The Morgan fingerprint density at radius 1 is 1.06 bits per heavy atom. The molecule has 1 amide bonds. The number of nitrogens with zero attached hydrogens (tertiary/aromatic N) is 3. The van der Waals surface area contributed by atoms with Gasteiger partial charge in [-0.15, -0.1) is 24.0 Å². The minimum absolute atomic E-state index is 0. The van der Waals surface area contributed by atoms with E-state index in [-0.39, 0.29) is 29.9 Å². The lowest BCUT2D eigenvalue weighted by atomic mass is 9.99. The number of carbonyl (C=O) groups excluding carboxylic acids is 1. The first-order chi connectivity index (χ1) is 14.4. The van der Waals surface area contributed by atoms with E-state index >= 15 is 0 Å². The van der Waals surface area contributed by atoms with Crippen molar-refractivity contribution in [3.8, 4) is 0 Å². The zero-order chi connectivity index (χ0) is 21.9. The number of benzene rings is 1. The molecular formula is C24H42IN5O. The molecule has 0 aliphatic carbocycles. The number of hydrogen-bond donors (Lipinski definition) is 2. The number of aliphatic imine (C=N–C) groups is 1. The molecule has 1 aliphatic heterocycles. The zero-order valence-corrected chi connectivity index (χ0v) is 22.3. The molecule has 1 aromatic rings. The molecule has 0 saturated carbocycles. The molecular weight excluding hydrogens is 501 g/mol. The molecule has 7 heteroatoms. The van der Waals surface area contributed by atoms with Crippen molar-refractivity contribution in [2.24, 2.45) is 4.99 Å². The van der Waals surface area contributed by atoms with E-state index in [4.69, 9.17) is 0 Å². The Hall–Kier alpha value is -1.35. The quantitative estimate of drug-likeness (QED) is 0.205. The smallest absolute Gasteiger partial charge is 0.222 e. The predicted octanol–water partition coefficient (Wildman–Crippen LogP) is 3.64. The summed E-state index contributed by atoms with van der Waals surface area (Å²) in [6, 6.07) is 9.56. The van der Waals surface area contributed by atoms with Crippen LogP contribution in [0.3, 0.4) is 0 Å². The Morgan fingerprint density at radius 2 is 1.68 bits per heavy atom. The van der Waals surface area contributed by atoms with Crippen LogP contribution in [-0.4, -0.2) is 67.0 Å². The third kappa shape index (κ3) is 9.35. The van der Waals surface area contributed by atoms with Crippen molar-refractivity contribution in [1.82, 2.24) is 20.4 Å². The molecule has 2 N–H and O–H groups in total. The molecule has 1 aromatic carbocycles. The van der Waals surface area contributed by atoms with Crippen LogP contribution in [0.25, 0.3) is 0 Å². The van der Waals surface area contributed by atoms with Gasteiger partial charge in [0.1, 0.15) is 0 Å². The number of nitrogens with one attached hydrogen (secondary N) is 2. The van der Waals surface area contributed by atoms with Gasteiger partial charge in [0.15, 0.2) is 5.96 Å². The van der Waals surface area contributed by atoms with Crippen LogP contribution in [0.2, 0.25) is 0 Å². The van der Waals surface area contributed by atoms with Crippen LogP contribution in [0.4, 0.5) is 0 Å². The molecule has 31 heavy (non-hydrogen) atoms. The van der Waals surface area contributed by atoms with E-state index in [1.807, 2.05) is 4.90 Å². The van der Waals surface area contributed by atoms with Crippen LogP contribution >= 0.6 is 24.0 Å². The van der Waals surface area contributed by atoms with E-state index in [1.165, 1.54) is 11.1 Å². The van der Waals surface area contributed by atoms with Gasteiger partial charge in [0.05, 0.1) is 0 Å². The average Bonchev–Trinajstić information content (AvgIpc) is 2.73. The summed E-state index contributed by atoms with van der Waals surface area (Å²) in [7, 11) is 1.79. The van der Waals surface area contributed by atoms with Gasteiger partial charge in [-0.3, -0.25) is 14.7 Å². The van der Waals surface area contributed by atoms with Gasteiger partial charge in [-0.05, 0) is 58.1 Å². The van der Waals surface area contributed by atoms with Crippen molar-refractivity contribution in [1.29, 1.82) is 0 Å². The van der Waals surface area contributed by atoms with Gasteiger partial charge < -0.3 is 15.5 Å². The monoisotopic (exact) mass is 543 g/mol. The summed E-state index contributed by atoms with van der Waals surface area (Å²) in [5, 5.41) is 6.71. The van der Waals surface area contributed by atoms with Crippen LogP contribution in [0, 0.1) is 0 Å². The molecule has 0 unspecified atom stereocenters. The minimum Gasteiger partial charge on any atom is -0.356 e. The summed E-state index contributed by atoms with van der Waals surface area (Å²) in [6.07, 6.45) is 3.42. The Bertz CT molecular complexity index is 684. The molecule has 176 valence electrons. The molecule has 0 fully saturated rings. The molecule has 0 bridgehead atoms. The van der Waals surface area contributed by atoms with Gasteiger partial charge in [0, 0.05) is 58.3 Å². The topological polar surface area (TPSA) is 60.0 Å². The molecule has 6 nitrogen and oxygen atoms in total. The number of guanidine groups is 1. The maximum atomic E-state index is 12.6. The molecule has 0 radical (unpaired) electrons. The Balaban J connectivity index is 0.00000480. The molecule has 0 atom stereocenters. The van der Waals surface area contributed by atoms with E-state index in [9.17, 15) is 4.79 Å². The lowest BCUT2D eigenvalue weighted by molar-refractivity contribution is -0.132. The Labute approximate surface area is 206 Å². The number of halogens is 1. The molecule has 0 spiro atoms. The van der Waals surface area contributed by atoms with Gasteiger partial charge >= 0.3 is 0 Å². The number of carbonyl (C=O) groups is 1. The van der Waals surface area contributed by atoms with E-state index in [2.05, 4.69) is 72.5 Å². The number of fused-ring (bicyclic) bond motifs is 1. The second kappa shape index (κ2) is 14.7. The van der Waals surface area contributed by atoms with Crippen LogP contribution in [0.5, 0.6) is 0 Å². The molecule has 0 saturated heterocycles. The second-order valence-electron chi connectivity index (χ2n) is 8.64. The van der Waals surface area contributed by atoms with E-state index < -0.39 is 0 Å². The highest BCUT2D eigenvalue weighted by Crippen LogP contribution is 2.19. The maximum absolute atomic E-state index is 12.6. The van der Waals surface area contributed by atoms with Crippen LogP contribution in [-0.2, 0) is 17.8 Å². The SMILES string of the molecule is CN=C(NCCCC(=O)N1CCc2ccccc2C1)NCCCN(C(C)C)C(C)C.I. The minimum atomic E-state index is 0. The highest BCUT2D eigenvalue weighted by molar-refractivity contribution is 14.0. The zero-order valence-electron chi connectivity index (χ0n) is 20.0. The Morgan fingerprint density at radius 3 is 2.29 bits per heavy atom. The molecule has 0 aromatic heterocycles. The van der Waals surface area contributed by atoms with Crippen molar-refractivity contribution < 1.29 is 4.79 Å². The number of rotatable bonds is 10. The lowest BCUT2D eigenvalue weighted by Gasteiger charge is -2.30. The predicted molar refractivity (Wildman–Crippen MR) is 141 cm³/mol. The summed E-state index contributed by atoms with van der Waals surface area (Å²) >= 11 is 0. The van der Waals surface area contributed by atoms with Crippen molar-refractivity contribution in [2.75, 3.05) is 33.2 Å². The summed E-state index contributed by atoms with van der Waals surface area (Å²) < 4.78 is 0. The van der Waals surface area contributed by atoms with Crippen molar-refractivity contribution in [3.63, 3.8) is 0 Å². The normalized spacial score (nSPS) is 13.9. The highest BCUT2D eigenvalue weighted by atomic mass is 127. The maximum Gasteiger partial charge on any atom is 0.222 e. The molecule has 1 aliphatic rings. The van der Waals surface area contributed by atoms with Crippen LogP contribution in [0.1, 0.15) is 58.1 Å². The largest absolute Gasteiger partial charge is 0.356 e. The van der Waals surface area contributed by atoms with Crippen LogP contribution in [0.15, 0.2) is 29.3 Å². The number of hydrogen-bond acceptors (Lipinski definition) is 3. The summed E-state index contributed by atoms with van der Waals surface area (Å²) in [4.78, 5) is 21.3. The van der Waals surface area contributed by atoms with Crippen LogP contribution < -0.4 is 10.6 Å². The van der Waals surface area contributed by atoms with Gasteiger partial charge in [-0.25, -0.2) is 0 Å². The third-order valence-electron chi connectivity index (χ3n) is 5.78. The fourth-order valence-corrected chi connectivity index (χ4v) is 4.11. The van der Waals surface area contributed by atoms with Gasteiger partial charge in [0.2, 0.25) is 5.91 Å². The van der Waals surface area contributed by atoms with Crippen molar-refractivity contribution in [2.45, 2.75) is 72.0 Å². The van der Waals surface area contributed by atoms with Gasteiger partial charge in [0.25, 0.3) is 0 Å². The average molecular weight is 544 g/mol. The van der Waals surface area contributed by atoms with E-state index in [0.717, 1.165) is 57.9 Å². The first-order valence-electron chi connectivity index (χ1n) is 11.5. The number of amides is 1. The third-order valence-corrected chi connectivity index (χ3v) is 5.78. The first kappa shape index (κ1) is 27.7. The van der Waals surface area contributed by atoms with Gasteiger partial charge in [-0.2, -0.15) is 0 Å². The fraction of sp³-hybridized carbons (Fsp3) is 0.667. The fourth-order valence-electron chi connectivity index (χ4n) is 4.11. The van der Waals surface area contributed by atoms with E-state index in [0.29, 0.717) is 18.5 Å². The molecule has 1 heterocycles. The Kier molecular flexibility index (Phi) is 13.1. The lowest BCUT2D eigenvalue weighted by Crippen LogP contribution is -2.41. The van der Waals surface area contributed by atoms with Crippen molar-refractivity contribution in [3.05, 3.63) is 35.4 Å². The highest BCUT2D eigenvalue weighted by Gasteiger charge is 2.19. The summed E-state index contributed by atoms with van der Waals surface area (Å²) in [6.45, 7) is 13.3. The molecule has 2 rings (SSSR count). The van der Waals surface area contributed by atoms with E-state index in [1.54, 1.807) is 7.05 Å². The second-order valence-corrected chi connectivity index (χ2v) is 8.64. The van der Waals surface area contributed by atoms with Crippen molar-refractivity contribution >= 4 is 35.8 Å². The summed E-state index contributed by atoms with van der Waals surface area (Å²) in [5.74, 6) is 1.06. The first-order valence-corrected chi connectivity index (χ1v) is 11.5. The summed E-state index contributed by atoms with van der Waals surface area (Å²) in [5.41, 5.74) is 2.66. The standard InChI is InChI=1S/C24H41N5O.HI/c1-19(2)29(20(3)4)16-9-15-27-24(25-5)26-14-8-12-23(30)28-17-13-21-10-6-7-11-22(21)18-28;/h6-7,10-11,19-20H,8-9,12-18H2,1-5H3,(H2,25,26,27);1H.